The fourth-order valence-electron chi connectivity index (χ4n) is 3.62. The number of hydrogen-bond donors (Lipinski definition) is 1. The van der Waals surface area contributed by atoms with E-state index in [2.05, 4.69) is 15.5 Å². The molecule has 1 aromatic rings. The molecule has 3 aliphatic heterocycles. The average Bonchev–Trinajstić information content (AvgIpc) is 3.12. The first-order valence-electron chi connectivity index (χ1n) is 7.51. The van der Waals surface area contributed by atoms with Crippen LogP contribution in [0.3, 0.4) is 0 Å². The van der Waals surface area contributed by atoms with Crippen molar-refractivity contribution >= 4 is 9.84 Å². The average molecular weight is 313 g/mol. The summed E-state index contributed by atoms with van der Waals surface area (Å²) in [4.78, 5) is 4.46. The summed E-state index contributed by atoms with van der Waals surface area (Å²) >= 11 is 0. The van der Waals surface area contributed by atoms with Crippen molar-refractivity contribution in [1.29, 1.82) is 0 Å². The molecule has 116 valence electrons. The topological polar surface area (TPSA) is 94.3 Å². The van der Waals surface area contributed by atoms with Crippen LogP contribution in [0.25, 0.3) is 0 Å². The van der Waals surface area contributed by atoms with Gasteiger partial charge in [0.2, 0.25) is 5.89 Å². The Balaban J connectivity index is 1.43. The smallest absolute Gasteiger partial charge is 0.228 e. The molecule has 4 rings (SSSR count). The molecule has 0 amide bonds. The van der Waals surface area contributed by atoms with Crippen LogP contribution in [0.15, 0.2) is 4.52 Å². The van der Waals surface area contributed by atoms with Gasteiger partial charge >= 0.3 is 0 Å². The van der Waals surface area contributed by atoms with E-state index in [0.29, 0.717) is 25.0 Å². The third-order valence-electron chi connectivity index (χ3n) is 4.64. The molecular formula is C13H19N3O4S. The first-order valence-corrected chi connectivity index (χ1v) is 9.33. The summed E-state index contributed by atoms with van der Waals surface area (Å²) in [6.07, 6.45) is 4.23. The van der Waals surface area contributed by atoms with Gasteiger partial charge in [-0.2, -0.15) is 4.98 Å². The van der Waals surface area contributed by atoms with Crippen LogP contribution in [0.4, 0.5) is 0 Å². The molecule has 8 heteroatoms. The maximum absolute atomic E-state index is 11.6. The predicted octanol–water partition coefficient (Wildman–Crippen LogP) is 0.0336. The Morgan fingerprint density at radius 2 is 2.24 bits per heavy atom. The Labute approximate surface area is 123 Å². The van der Waals surface area contributed by atoms with E-state index in [9.17, 15) is 8.42 Å². The van der Waals surface area contributed by atoms with Crippen LogP contribution in [0, 0.1) is 0 Å². The summed E-state index contributed by atoms with van der Waals surface area (Å²) < 4.78 is 34.4. The zero-order valence-electron chi connectivity index (χ0n) is 11.7. The lowest BCUT2D eigenvalue weighted by atomic mass is 9.89. The summed E-state index contributed by atoms with van der Waals surface area (Å²) in [5.41, 5.74) is 0. The van der Waals surface area contributed by atoms with Gasteiger partial charge in [0.25, 0.3) is 0 Å². The molecule has 4 heterocycles. The molecule has 1 N–H and O–H groups in total. The van der Waals surface area contributed by atoms with E-state index >= 15 is 0 Å². The van der Waals surface area contributed by atoms with Gasteiger partial charge in [-0.05, 0) is 19.3 Å². The minimum Gasteiger partial charge on any atom is -0.374 e. The number of aromatic nitrogens is 2. The van der Waals surface area contributed by atoms with Gasteiger partial charge in [0.15, 0.2) is 15.7 Å². The van der Waals surface area contributed by atoms with E-state index < -0.39 is 9.84 Å². The minimum absolute atomic E-state index is 0.131. The quantitative estimate of drug-likeness (QED) is 0.841. The van der Waals surface area contributed by atoms with Crippen LogP contribution >= 0.6 is 0 Å². The van der Waals surface area contributed by atoms with Gasteiger partial charge in [0.05, 0.1) is 29.6 Å². The first-order chi connectivity index (χ1) is 10.1. The fraction of sp³-hybridized carbons (Fsp3) is 0.846. The largest absolute Gasteiger partial charge is 0.374 e. The Hall–Kier alpha value is -0.990. The highest BCUT2D eigenvalue weighted by molar-refractivity contribution is 7.91. The molecule has 0 radical (unpaired) electrons. The van der Waals surface area contributed by atoms with Crippen LogP contribution in [0.1, 0.15) is 36.9 Å². The predicted molar refractivity (Wildman–Crippen MR) is 73.7 cm³/mol. The van der Waals surface area contributed by atoms with Crippen LogP contribution in [0.2, 0.25) is 0 Å². The standard InChI is InChI=1S/C13H19N3O4S/c17-21(18)4-3-14-8(7-21)5-12-15-13(16-20-12)10-6-9-1-2-11(10)19-9/h8-11,14H,1-7H2. The van der Waals surface area contributed by atoms with E-state index in [1.165, 1.54) is 0 Å². The SMILES string of the molecule is O=S1(=O)CCNC(Cc2nc(C3CC4CCC3O4)no2)C1. The highest BCUT2D eigenvalue weighted by atomic mass is 32.2. The lowest BCUT2D eigenvalue weighted by Crippen LogP contribution is -2.46. The molecular weight excluding hydrogens is 294 g/mol. The van der Waals surface area contributed by atoms with Crippen molar-refractivity contribution in [2.45, 2.75) is 49.9 Å². The minimum atomic E-state index is -2.94. The zero-order chi connectivity index (χ0) is 14.4. The summed E-state index contributed by atoms with van der Waals surface area (Å²) in [5, 5.41) is 7.27. The Bertz CT molecular complexity index is 629. The third-order valence-corrected chi connectivity index (χ3v) is 6.38. The van der Waals surface area contributed by atoms with Gasteiger partial charge in [0.1, 0.15) is 0 Å². The number of sulfone groups is 1. The number of nitrogens with zero attached hydrogens (tertiary/aromatic N) is 2. The van der Waals surface area contributed by atoms with E-state index in [4.69, 9.17) is 9.26 Å². The maximum atomic E-state index is 11.6. The number of rotatable bonds is 3. The molecule has 4 atom stereocenters. The molecule has 0 spiro atoms. The lowest BCUT2D eigenvalue weighted by Gasteiger charge is -2.22. The van der Waals surface area contributed by atoms with Crippen molar-refractivity contribution in [3.8, 4) is 0 Å². The second-order valence-corrected chi connectivity index (χ2v) is 8.46. The van der Waals surface area contributed by atoms with Crippen LogP contribution in [-0.2, 0) is 21.0 Å². The summed E-state index contributed by atoms with van der Waals surface area (Å²) in [6.45, 7) is 0.494. The number of nitrogens with one attached hydrogen (secondary N) is 1. The highest BCUT2D eigenvalue weighted by Gasteiger charge is 2.43. The van der Waals surface area contributed by atoms with Crippen molar-refractivity contribution < 1.29 is 17.7 Å². The number of hydrogen-bond acceptors (Lipinski definition) is 7. The Morgan fingerprint density at radius 1 is 1.33 bits per heavy atom. The Kier molecular flexibility index (Phi) is 3.27. The van der Waals surface area contributed by atoms with Gasteiger partial charge in [0, 0.05) is 19.0 Å². The molecule has 1 aromatic heterocycles. The van der Waals surface area contributed by atoms with Crippen molar-refractivity contribution in [3.63, 3.8) is 0 Å². The molecule has 3 fully saturated rings. The van der Waals surface area contributed by atoms with Crippen LogP contribution in [0.5, 0.6) is 0 Å². The molecule has 0 aromatic carbocycles. The van der Waals surface area contributed by atoms with Crippen molar-refractivity contribution in [3.05, 3.63) is 11.7 Å². The van der Waals surface area contributed by atoms with E-state index in [-0.39, 0.29) is 29.6 Å². The van der Waals surface area contributed by atoms with Crippen LogP contribution < -0.4 is 5.32 Å². The van der Waals surface area contributed by atoms with E-state index in [1.807, 2.05) is 0 Å². The molecule has 0 saturated carbocycles. The van der Waals surface area contributed by atoms with Gasteiger partial charge in [-0.15, -0.1) is 0 Å². The Morgan fingerprint density at radius 3 is 2.95 bits per heavy atom. The maximum Gasteiger partial charge on any atom is 0.228 e. The first kappa shape index (κ1) is 13.7. The highest BCUT2D eigenvalue weighted by Crippen LogP contribution is 2.43. The monoisotopic (exact) mass is 313 g/mol. The second kappa shape index (κ2) is 5.03. The van der Waals surface area contributed by atoms with Gasteiger partial charge < -0.3 is 14.6 Å². The van der Waals surface area contributed by atoms with Gasteiger partial charge in [-0.3, -0.25) is 0 Å². The summed E-state index contributed by atoms with van der Waals surface area (Å²) in [5.74, 6) is 1.82. The summed E-state index contributed by atoms with van der Waals surface area (Å²) in [7, 11) is -2.94. The molecule has 2 bridgehead atoms. The fourth-order valence-corrected chi connectivity index (χ4v) is 5.06. The normalized spacial score (nSPS) is 37.9. The number of fused-ring (bicyclic) bond motifs is 2. The summed E-state index contributed by atoms with van der Waals surface area (Å²) in [6, 6.07) is -0.131. The molecule has 7 nitrogen and oxygen atoms in total. The molecule has 0 aliphatic carbocycles. The second-order valence-electron chi connectivity index (χ2n) is 6.23. The van der Waals surface area contributed by atoms with Gasteiger partial charge in [-0.1, -0.05) is 5.16 Å². The van der Waals surface area contributed by atoms with Crippen molar-refractivity contribution in [1.82, 2.24) is 15.5 Å². The molecule has 4 unspecified atom stereocenters. The van der Waals surface area contributed by atoms with Gasteiger partial charge in [-0.25, -0.2) is 8.42 Å². The van der Waals surface area contributed by atoms with Crippen LogP contribution in [-0.4, -0.2) is 54.9 Å². The molecule has 3 saturated heterocycles. The van der Waals surface area contributed by atoms with Crippen molar-refractivity contribution in [2.75, 3.05) is 18.1 Å². The third kappa shape index (κ3) is 2.72. The van der Waals surface area contributed by atoms with E-state index in [0.717, 1.165) is 25.1 Å². The lowest BCUT2D eigenvalue weighted by molar-refractivity contribution is 0.0996. The zero-order valence-corrected chi connectivity index (χ0v) is 12.5. The number of ether oxygens (including phenoxy) is 1. The van der Waals surface area contributed by atoms with Crippen molar-refractivity contribution in [2.24, 2.45) is 0 Å². The molecule has 3 aliphatic rings. The molecule has 21 heavy (non-hydrogen) atoms. The van der Waals surface area contributed by atoms with E-state index in [1.54, 1.807) is 0 Å².